The molecule has 2 unspecified atom stereocenters. The summed E-state index contributed by atoms with van der Waals surface area (Å²) in [7, 11) is 0. The van der Waals surface area contributed by atoms with Crippen LogP contribution >= 0.6 is 0 Å². The molecule has 3 atom stereocenters. The molecular weight excluding hydrogens is 408 g/mol. The Kier molecular flexibility index (Phi) is 6.65. The molecule has 1 aliphatic heterocycles. The number of esters is 1. The minimum absolute atomic E-state index is 0.206. The molecule has 7 heteroatoms. The summed E-state index contributed by atoms with van der Waals surface area (Å²) in [4.78, 5) is 24.9. The Morgan fingerprint density at radius 1 is 1.06 bits per heavy atom. The zero-order valence-electron chi connectivity index (χ0n) is 18.3. The highest BCUT2D eigenvalue weighted by Gasteiger charge is 2.27. The van der Waals surface area contributed by atoms with Gasteiger partial charge in [-0.2, -0.15) is 0 Å². The van der Waals surface area contributed by atoms with Crippen molar-refractivity contribution in [2.75, 3.05) is 13.1 Å². The molecule has 0 spiro atoms. The number of likely N-dealkylation sites (tertiary alicyclic amines) is 1. The molecule has 2 aromatic carbocycles. The lowest BCUT2D eigenvalue weighted by molar-refractivity contribution is 0.00841. The molecule has 1 aliphatic carbocycles. The molecule has 2 aromatic rings. The number of ether oxygens (including phenoxy) is 2. The molecule has 4 rings (SSSR count). The van der Waals surface area contributed by atoms with Crippen LogP contribution in [0.25, 0.3) is 0 Å². The van der Waals surface area contributed by atoms with Crippen molar-refractivity contribution < 1.29 is 24.2 Å². The van der Waals surface area contributed by atoms with Crippen LogP contribution in [0.5, 0.6) is 5.75 Å². The van der Waals surface area contributed by atoms with Gasteiger partial charge in [-0.05, 0) is 73.9 Å². The van der Waals surface area contributed by atoms with E-state index in [1.165, 1.54) is 23.3 Å². The predicted molar refractivity (Wildman–Crippen MR) is 120 cm³/mol. The van der Waals surface area contributed by atoms with Crippen LogP contribution in [-0.4, -0.2) is 47.3 Å². The second-order valence-electron chi connectivity index (χ2n) is 8.76. The van der Waals surface area contributed by atoms with E-state index < -0.39 is 18.2 Å². The van der Waals surface area contributed by atoms with Gasteiger partial charge in [-0.3, -0.25) is 0 Å². The maximum Gasteiger partial charge on any atom is 0.407 e. The van der Waals surface area contributed by atoms with Gasteiger partial charge in [0.1, 0.15) is 18.0 Å². The number of benzene rings is 2. The van der Waals surface area contributed by atoms with Gasteiger partial charge in [-0.1, -0.05) is 24.3 Å². The summed E-state index contributed by atoms with van der Waals surface area (Å²) in [5, 5.41) is 9.13. The van der Waals surface area contributed by atoms with E-state index >= 15 is 0 Å². The summed E-state index contributed by atoms with van der Waals surface area (Å²) in [6.45, 7) is 2.59. The summed E-state index contributed by atoms with van der Waals surface area (Å²) in [6.07, 6.45) is 2.15. The number of carbonyl (C=O) groups is 2. The smallest absolute Gasteiger partial charge is 0.407 e. The fourth-order valence-electron chi connectivity index (χ4n) is 4.10. The SMILES string of the molecule is CC(N)C(Oc1ccc(C(=O)O[C@H]2CCCN(C(=O)O)C2)cc1)c1ccc(C2CC2)cc1. The second kappa shape index (κ2) is 9.61. The largest absolute Gasteiger partial charge is 0.484 e. The number of nitrogens with zero attached hydrogens (tertiary/aromatic N) is 1. The third kappa shape index (κ3) is 5.40. The van der Waals surface area contributed by atoms with Crippen LogP contribution in [0.1, 0.15) is 66.1 Å². The molecule has 2 fully saturated rings. The van der Waals surface area contributed by atoms with Gasteiger partial charge >= 0.3 is 12.1 Å². The molecule has 0 aromatic heterocycles. The predicted octanol–water partition coefficient (Wildman–Crippen LogP) is 4.33. The Bertz CT molecular complexity index is 938. The quantitative estimate of drug-likeness (QED) is 0.624. The Balaban J connectivity index is 1.37. The average Bonchev–Trinajstić information content (AvgIpc) is 3.63. The molecule has 1 saturated carbocycles. The highest BCUT2D eigenvalue weighted by molar-refractivity contribution is 5.89. The zero-order valence-corrected chi connectivity index (χ0v) is 18.3. The Hall–Kier alpha value is -3.06. The molecule has 0 bridgehead atoms. The maximum absolute atomic E-state index is 12.5. The second-order valence-corrected chi connectivity index (χ2v) is 8.76. The first-order valence-electron chi connectivity index (χ1n) is 11.2. The Morgan fingerprint density at radius 2 is 1.75 bits per heavy atom. The van der Waals surface area contributed by atoms with Gasteiger partial charge in [-0.15, -0.1) is 0 Å². The van der Waals surface area contributed by atoms with Gasteiger partial charge in [0.15, 0.2) is 0 Å². The van der Waals surface area contributed by atoms with E-state index in [2.05, 4.69) is 24.3 Å². The molecule has 2 aliphatic rings. The van der Waals surface area contributed by atoms with Crippen LogP contribution in [-0.2, 0) is 4.74 Å². The monoisotopic (exact) mass is 438 g/mol. The summed E-state index contributed by atoms with van der Waals surface area (Å²) >= 11 is 0. The summed E-state index contributed by atoms with van der Waals surface area (Å²) in [6, 6.07) is 15.0. The lowest BCUT2D eigenvalue weighted by atomic mass is 10.0. The lowest BCUT2D eigenvalue weighted by Gasteiger charge is -2.30. The number of rotatable bonds is 7. The zero-order chi connectivity index (χ0) is 22.7. The van der Waals surface area contributed by atoms with E-state index in [-0.39, 0.29) is 18.7 Å². The van der Waals surface area contributed by atoms with Gasteiger partial charge in [0.25, 0.3) is 0 Å². The normalized spacial score (nSPS) is 20.3. The van der Waals surface area contributed by atoms with Gasteiger partial charge in [0.05, 0.1) is 12.1 Å². The lowest BCUT2D eigenvalue weighted by Crippen LogP contribution is -2.43. The Morgan fingerprint density at radius 3 is 2.34 bits per heavy atom. The maximum atomic E-state index is 12.5. The molecule has 0 radical (unpaired) electrons. The number of amides is 1. The number of nitrogens with two attached hydrogens (primary N) is 1. The van der Waals surface area contributed by atoms with Crippen molar-refractivity contribution in [1.29, 1.82) is 0 Å². The van der Waals surface area contributed by atoms with Gasteiger partial charge < -0.3 is 25.2 Å². The van der Waals surface area contributed by atoms with Crippen LogP contribution in [0.4, 0.5) is 4.79 Å². The Labute approximate surface area is 188 Å². The summed E-state index contributed by atoms with van der Waals surface area (Å²) < 4.78 is 11.7. The number of carbonyl (C=O) groups excluding carboxylic acids is 1. The molecule has 1 amide bonds. The first-order chi connectivity index (χ1) is 15.4. The van der Waals surface area contributed by atoms with E-state index in [4.69, 9.17) is 20.3 Å². The molecule has 170 valence electrons. The highest BCUT2D eigenvalue weighted by Crippen LogP contribution is 2.40. The fraction of sp³-hybridized carbons (Fsp3) is 0.440. The standard InChI is InChI=1S/C25H30N2O5/c1-16(26)23(19-8-6-18(7-9-19)17-4-5-17)31-21-12-10-20(11-13-21)24(28)32-22-3-2-14-27(15-22)25(29)30/h6-13,16-17,22-23H,2-5,14-15,26H2,1H3,(H,29,30)/t16?,22-,23?/m0/s1. The van der Waals surface area contributed by atoms with Crippen molar-refractivity contribution in [2.24, 2.45) is 5.73 Å². The van der Waals surface area contributed by atoms with Gasteiger partial charge in [0.2, 0.25) is 0 Å². The third-order valence-corrected chi connectivity index (χ3v) is 6.07. The first-order valence-corrected chi connectivity index (χ1v) is 11.2. The summed E-state index contributed by atoms with van der Waals surface area (Å²) in [5.41, 5.74) is 8.98. The number of carboxylic acid groups (broad SMARTS) is 1. The molecule has 7 nitrogen and oxygen atoms in total. The van der Waals surface area contributed by atoms with Crippen molar-refractivity contribution >= 4 is 12.1 Å². The third-order valence-electron chi connectivity index (χ3n) is 6.07. The van der Waals surface area contributed by atoms with E-state index in [9.17, 15) is 9.59 Å². The average molecular weight is 439 g/mol. The van der Waals surface area contributed by atoms with Crippen molar-refractivity contribution in [3.05, 3.63) is 65.2 Å². The van der Waals surface area contributed by atoms with Gasteiger partial charge in [-0.25, -0.2) is 9.59 Å². The van der Waals surface area contributed by atoms with E-state index in [0.29, 0.717) is 36.6 Å². The van der Waals surface area contributed by atoms with Crippen LogP contribution in [0.2, 0.25) is 0 Å². The molecular formula is C25H30N2O5. The van der Waals surface area contributed by atoms with E-state index in [1.54, 1.807) is 24.3 Å². The number of piperidine rings is 1. The van der Waals surface area contributed by atoms with Crippen molar-refractivity contribution in [2.45, 2.75) is 56.8 Å². The molecule has 3 N–H and O–H groups in total. The summed E-state index contributed by atoms with van der Waals surface area (Å²) in [5.74, 6) is 0.852. The van der Waals surface area contributed by atoms with Crippen molar-refractivity contribution in [1.82, 2.24) is 4.90 Å². The molecule has 32 heavy (non-hydrogen) atoms. The van der Waals surface area contributed by atoms with Crippen LogP contribution in [0, 0.1) is 0 Å². The topological polar surface area (TPSA) is 102 Å². The van der Waals surface area contributed by atoms with Crippen LogP contribution < -0.4 is 10.5 Å². The highest BCUT2D eigenvalue weighted by atomic mass is 16.5. The van der Waals surface area contributed by atoms with Crippen molar-refractivity contribution in [3.63, 3.8) is 0 Å². The minimum Gasteiger partial charge on any atom is -0.484 e. The van der Waals surface area contributed by atoms with Crippen molar-refractivity contribution in [3.8, 4) is 5.75 Å². The molecule has 1 saturated heterocycles. The van der Waals surface area contributed by atoms with Crippen LogP contribution in [0.3, 0.4) is 0 Å². The fourth-order valence-corrected chi connectivity index (χ4v) is 4.10. The minimum atomic E-state index is -0.988. The number of hydrogen-bond donors (Lipinski definition) is 2. The van der Waals surface area contributed by atoms with E-state index in [1.807, 2.05) is 6.92 Å². The van der Waals surface area contributed by atoms with Gasteiger partial charge in [0, 0.05) is 12.6 Å². The molecule has 1 heterocycles. The van der Waals surface area contributed by atoms with Crippen LogP contribution in [0.15, 0.2) is 48.5 Å². The first kappa shape index (κ1) is 22.1. The van der Waals surface area contributed by atoms with E-state index in [0.717, 1.165) is 5.56 Å². The number of hydrogen-bond acceptors (Lipinski definition) is 5.